The van der Waals surface area contributed by atoms with Crippen LogP contribution in [-0.2, 0) is 10.0 Å². The van der Waals surface area contributed by atoms with Crippen molar-refractivity contribution in [1.29, 1.82) is 0 Å². The van der Waals surface area contributed by atoms with Gasteiger partial charge in [-0.05, 0) is 55.8 Å². The summed E-state index contributed by atoms with van der Waals surface area (Å²) in [6, 6.07) is 0.205. The van der Waals surface area contributed by atoms with Gasteiger partial charge in [0, 0.05) is 11.9 Å². The largest absolute Gasteiger partial charge is 0.213 e. The Hall–Kier alpha value is 0.200. The van der Waals surface area contributed by atoms with Crippen LogP contribution in [-0.4, -0.2) is 26.1 Å². The molecule has 5 heteroatoms. The lowest BCUT2D eigenvalue weighted by Crippen LogP contribution is -2.56. The van der Waals surface area contributed by atoms with E-state index >= 15 is 0 Å². The zero-order valence-electron chi connectivity index (χ0n) is 9.94. The lowest BCUT2D eigenvalue weighted by Gasteiger charge is -2.54. The highest BCUT2D eigenvalue weighted by atomic mass is 35.5. The van der Waals surface area contributed by atoms with Crippen LogP contribution in [0.15, 0.2) is 0 Å². The van der Waals surface area contributed by atoms with Gasteiger partial charge in [0.15, 0.2) is 0 Å². The number of sulfonamides is 1. The predicted molar refractivity (Wildman–Crippen MR) is 68.5 cm³/mol. The standard InChI is InChI=1S/C12H20ClNO2S/c13-1-2-17(15,16)14-12-10-4-8-3-9(6-10)7-11(12)5-8/h8-12,14H,1-7H2. The number of alkyl halides is 1. The molecule has 0 radical (unpaired) electrons. The van der Waals surface area contributed by atoms with E-state index in [1.54, 1.807) is 0 Å². The maximum atomic E-state index is 11.8. The highest BCUT2D eigenvalue weighted by Gasteiger charge is 2.49. The van der Waals surface area contributed by atoms with E-state index in [2.05, 4.69) is 4.72 Å². The summed E-state index contributed by atoms with van der Waals surface area (Å²) in [6.45, 7) is 0. The molecule has 0 amide bonds. The summed E-state index contributed by atoms with van der Waals surface area (Å²) in [7, 11) is -3.16. The molecule has 3 nitrogen and oxygen atoms in total. The van der Waals surface area contributed by atoms with Crippen molar-refractivity contribution < 1.29 is 8.42 Å². The molecule has 0 aromatic carbocycles. The van der Waals surface area contributed by atoms with E-state index in [1.807, 2.05) is 0 Å². The van der Waals surface area contributed by atoms with Crippen molar-refractivity contribution in [3.63, 3.8) is 0 Å². The van der Waals surface area contributed by atoms with Crippen LogP contribution in [0.1, 0.15) is 32.1 Å². The van der Waals surface area contributed by atoms with Gasteiger partial charge in [-0.3, -0.25) is 0 Å². The van der Waals surface area contributed by atoms with Gasteiger partial charge in [0.05, 0.1) is 5.75 Å². The summed E-state index contributed by atoms with van der Waals surface area (Å²) in [6.07, 6.45) is 6.35. The summed E-state index contributed by atoms with van der Waals surface area (Å²) < 4.78 is 26.6. The molecule has 0 aromatic heterocycles. The first kappa shape index (κ1) is 12.2. The molecule has 1 N–H and O–H groups in total. The fraction of sp³-hybridized carbons (Fsp3) is 1.00. The molecule has 0 atom stereocenters. The molecule has 4 fully saturated rings. The van der Waals surface area contributed by atoms with E-state index in [-0.39, 0.29) is 17.7 Å². The molecule has 4 bridgehead atoms. The predicted octanol–water partition coefficient (Wildman–Crippen LogP) is 1.97. The van der Waals surface area contributed by atoms with Crippen molar-refractivity contribution in [1.82, 2.24) is 4.72 Å². The number of rotatable bonds is 4. The average molecular weight is 278 g/mol. The highest BCUT2D eigenvalue weighted by molar-refractivity contribution is 7.89. The minimum Gasteiger partial charge on any atom is -0.212 e. The highest BCUT2D eigenvalue weighted by Crippen LogP contribution is 2.53. The van der Waals surface area contributed by atoms with Gasteiger partial charge in [-0.25, -0.2) is 13.1 Å². The van der Waals surface area contributed by atoms with E-state index in [4.69, 9.17) is 11.6 Å². The smallest absolute Gasteiger partial charge is 0.212 e. The van der Waals surface area contributed by atoms with Crippen molar-refractivity contribution in [3.05, 3.63) is 0 Å². The van der Waals surface area contributed by atoms with Crippen molar-refractivity contribution in [2.24, 2.45) is 23.7 Å². The molecular weight excluding hydrogens is 258 g/mol. The van der Waals surface area contributed by atoms with Crippen LogP contribution in [0.2, 0.25) is 0 Å². The second-order valence-electron chi connectivity index (χ2n) is 6.08. The summed E-state index contributed by atoms with van der Waals surface area (Å²) in [5.41, 5.74) is 0. The third-order valence-corrected chi connectivity index (χ3v) is 6.67. The Kier molecular flexibility index (Phi) is 3.16. The minimum atomic E-state index is -3.16. The van der Waals surface area contributed by atoms with E-state index in [0.717, 1.165) is 11.8 Å². The summed E-state index contributed by atoms with van der Waals surface area (Å²) in [5, 5.41) is 0. The molecule has 0 aliphatic heterocycles. The quantitative estimate of drug-likeness (QED) is 0.799. The Labute approximate surface area is 108 Å². The lowest BCUT2D eigenvalue weighted by atomic mass is 9.54. The zero-order chi connectivity index (χ0) is 12.0. The van der Waals surface area contributed by atoms with E-state index in [9.17, 15) is 8.42 Å². The molecule has 0 unspecified atom stereocenters. The van der Waals surface area contributed by atoms with Crippen LogP contribution in [0, 0.1) is 23.7 Å². The molecule has 98 valence electrons. The molecule has 0 saturated heterocycles. The second kappa shape index (κ2) is 4.39. The van der Waals surface area contributed by atoms with Crippen LogP contribution in [0.5, 0.6) is 0 Å². The van der Waals surface area contributed by atoms with Gasteiger partial charge < -0.3 is 0 Å². The maximum Gasteiger partial charge on any atom is 0.213 e. The molecule has 17 heavy (non-hydrogen) atoms. The average Bonchev–Trinajstić information content (AvgIpc) is 2.22. The number of hydrogen-bond donors (Lipinski definition) is 1. The molecule has 0 spiro atoms. The molecular formula is C12H20ClNO2S. The van der Waals surface area contributed by atoms with Crippen LogP contribution in [0.25, 0.3) is 0 Å². The number of hydrogen-bond acceptors (Lipinski definition) is 2. The van der Waals surface area contributed by atoms with Crippen molar-refractivity contribution in [3.8, 4) is 0 Å². The van der Waals surface area contributed by atoms with Crippen LogP contribution in [0.4, 0.5) is 0 Å². The van der Waals surface area contributed by atoms with Crippen LogP contribution in [0.3, 0.4) is 0 Å². The molecule has 0 heterocycles. The molecule has 4 aliphatic carbocycles. The summed E-state index contributed by atoms with van der Waals surface area (Å²) >= 11 is 5.54. The van der Waals surface area contributed by atoms with Crippen molar-refractivity contribution >= 4 is 21.6 Å². The Morgan fingerprint density at radius 3 is 2.00 bits per heavy atom. The monoisotopic (exact) mass is 277 g/mol. The third-order valence-electron chi connectivity index (χ3n) is 4.89. The van der Waals surface area contributed by atoms with Gasteiger partial charge in [0.2, 0.25) is 10.0 Å². The maximum absolute atomic E-state index is 11.8. The minimum absolute atomic E-state index is 0.0529. The normalized spacial score (nSPS) is 44.2. The van der Waals surface area contributed by atoms with E-state index < -0.39 is 10.0 Å². The number of nitrogens with one attached hydrogen (secondary N) is 1. The van der Waals surface area contributed by atoms with Gasteiger partial charge in [-0.15, -0.1) is 11.6 Å². The Bertz CT molecular complexity index is 367. The Morgan fingerprint density at radius 2 is 1.53 bits per heavy atom. The first-order chi connectivity index (χ1) is 8.07. The fourth-order valence-electron chi connectivity index (χ4n) is 4.49. The Morgan fingerprint density at radius 1 is 1.00 bits per heavy atom. The van der Waals surface area contributed by atoms with E-state index in [0.29, 0.717) is 11.8 Å². The second-order valence-corrected chi connectivity index (χ2v) is 8.33. The van der Waals surface area contributed by atoms with Gasteiger partial charge in [0.1, 0.15) is 0 Å². The van der Waals surface area contributed by atoms with Gasteiger partial charge in [-0.1, -0.05) is 0 Å². The molecule has 4 rings (SSSR count). The van der Waals surface area contributed by atoms with E-state index in [1.165, 1.54) is 32.1 Å². The molecule has 4 aliphatic rings. The summed E-state index contributed by atoms with van der Waals surface area (Å²) in [5.74, 6) is 3.19. The Balaban J connectivity index is 1.72. The van der Waals surface area contributed by atoms with Gasteiger partial charge >= 0.3 is 0 Å². The topological polar surface area (TPSA) is 46.2 Å². The van der Waals surface area contributed by atoms with Crippen LogP contribution < -0.4 is 4.72 Å². The SMILES string of the molecule is O=S(=O)(CCCl)NC1C2CC3CC(C2)CC1C3. The van der Waals surface area contributed by atoms with Crippen molar-refractivity contribution in [2.75, 3.05) is 11.6 Å². The number of halogens is 1. The zero-order valence-corrected chi connectivity index (χ0v) is 11.5. The fourth-order valence-corrected chi connectivity index (χ4v) is 6.22. The van der Waals surface area contributed by atoms with Crippen molar-refractivity contribution in [2.45, 2.75) is 38.1 Å². The lowest BCUT2D eigenvalue weighted by molar-refractivity contribution is -0.00556. The molecule has 4 saturated carbocycles. The molecule has 0 aromatic rings. The first-order valence-corrected chi connectivity index (χ1v) is 8.82. The van der Waals surface area contributed by atoms with Gasteiger partial charge in [-0.2, -0.15) is 0 Å². The summed E-state index contributed by atoms with van der Waals surface area (Å²) in [4.78, 5) is 0. The van der Waals surface area contributed by atoms with Gasteiger partial charge in [0.25, 0.3) is 0 Å². The first-order valence-electron chi connectivity index (χ1n) is 6.63. The third kappa shape index (κ3) is 2.36. The van der Waals surface area contributed by atoms with Crippen LogP contribution >= 0.6 is 11.6 Å².